The van der Waals surface area contributed by atoms with E-state index in [0.29, 0.717) is 0 Å². The van der Waals surface area contributed by atoms with Crippen molar-refractivity contribution in [3.8, 4) is 0 Å². The van der Waals surface area contributed by atoms with Crippen LogP contribution in [0.1, 0.15) is 29.8 Å². The summed E-state index contributed by atoms with van der Waals surface area (Å²) < 4.78 is 36.7. The highest BCUT2D eigenvalue weighted by atomic mass is 32.2. The number of aryl methyl sites for hydroxylation is 1. The summed E-state index contributed by atoms with van der Waals surface area (Å²) in [5, 5.41) is 0. The molecule has 4 nitrogen and oxygen atoms in total. The molecule has 1 fully saturated rings. The lowest BCUT2D eigenvalue weighted by Crippen LogP contribution is -2.54. The highest BCUT2D eigenvalue weighted by molar-refractivity contribution is 7.92. The average Bonchev–Trinajstić information content (AvgIpc) is 2.32. The predicted octanol–water partition coefficient (Wildman–Crippen LogP) is 1.78. The second-order valence-corrected chi connectivity index (χ2v) is 8.53. The summed E-state index contributed by atoms with van der Waals surface area (Å²) in [4.78, 5) is 13.7. The number of benzene rings is 1. The fraction of sp³-hybridized carbons (Fsp3) is 0.500. The fourth-order valence-electron chi connectivity index (χ4n) is 2.28. The van der Waals surface area contributed by atoms with E-state index in [9.17, 15) is 17.6 Å². The van der Waals surface area contributed by atoms with Gasteiger partial charge in [-0.15, -0.1) is 0 Å². The van der Waals surface area contributed by atoms with Crippen molar-refractivity contribution in [2.75, 3.05) is 18.8 Å². The van der Waals surface area contributed by atoms with Gasteiger partial charge in [0.25, 0.3) is 5.91 Å². The standard InChI is InChI=1S/C14H18FNO3S/c1-10-4-5-11(12(15)8-10)13(17)16-6-7-20(18,19)14(2,3)9-16/h4-5,8H,6-7,9H2,1-3H3. The minimum absolute atomic E-state index is 0.00861. The Balaban J connectivity index is 2.27. The monoisotopic (exact) mass is 299 g/mol. The van der Waals surface area contributed by atoms with Crippen molar-refractivity contribution >= 4 is 15.7 Å². The van der Waals surface area contributed by atoms with Crippen molar-refractivity contribution in [3.05, 3.63) is 35.1 Å². The van der Waals surface area contributed by atoms with E-state index in [2.05, 4.69) is 0 Å². The lowest BCUT2D eigenvalue weighted by molar-refractivity contribution is 0.0739. The highest BCUT2D eigenvalue weighted by Gasteiger charge is 2.41. The normalized spacial score (nSPS) is 20.7. The van der Waals surface area contributed by atoms with Gasteiger partial charge in [-0.3, -0.25) is 4.79 Å². The Hall–Kier alpha value is -1.43. The molecular weight excluding hydrogens is 281 g/mol. The van der Waals surface area contributed by atoms with E-state index in [1.54, 1.807) is 26.8 Å². The lowest BCUT2D eigenvalue weighted by Gasteiger charge is -2.37. The summed E-state index contributed by atoms with van der Waals surface area (Å²) in [6, 6.07) is 4.42. The molecule has 1 aliphatic rings. The van der Waals surface area contributed by atoms with Crippen molar-refractivity contribution in [1.29, 1.82) is 0 Å². The van der Waals surface area contributed by atoms with Gasteiger partial charge in [-0.2, -0.15) is 0 Å². The quantitative estimate of drug-likeness (QED) is 0.794. The third kappa shape index (κ3) is 2.57. The average molecular weight is 299 g/mol. The molecule has 0 spiro atoms. The zero-order valence-corrected chi connectivity index (χ0v) is 12.6. The van der Waals surface area contributed by atoms with E-state index >= 15 is 0 Å². The van der Waals surface area contributed by atoms with Crippen molar-refractivity contribution in [1.82, 2.24) is 4.90 Å². The number of halogens is 1. The number of carbonyl (C=O) groups excluding carboxylic acids is 1. The summed E-state index contributed by atoms with van der Waals surface area (Å²) in [5.74, 6) is -1.11. The largest absolute Gasteiger partial charge is 0.336 e. The maximum absolute atomic E-state index is 13.8. The maximum atomic E-state index is 13.8. The molecular formula is C14H18FNO3S. The third-order valence-electron chi connectivity index (χ3n) is 3.69. The molecule has 0 bridgehead atoms. The summed E-state index contributed by atoms with van der Waals surface area (Å²) in [6.45, 7) is 5.12. The van der Waals surface area contributed by atoms with Gasteiger partial charge in [0, 0.05) is 13.1 Å². The summed E-state index contributed by atoms with van der Waals surface area (Å²) >= 11 is 0. The Morgan fingerprint density at radius 2 is 2.00 bits per heavy atom. The molecule has 0 radical (unpaired) electrons. The molecule has 0 saturated carbocycles. The van der Waals surface area contributed by atoms with Crippen LogP contribution in [-0.4, -0.2) is 42.8 Å². The van der Waals surface area contributed by atoms with E-state index in [0.717, 1.165) is 5.56 Å². The molecule has 0 aliphatic carbocycles. The molecule has 2 rings (SSSR count). The SMILES string of the molecule is Cc1ccc(C(=O)N2CCS(=O)(=O)C(C)(C)C2)c(F)c1. The molecule has 6 heteroatoms. The first-order valence-electron chi connectivity index (χ1n) is 6.42. The number of hydrogen-bond acceptors (Lipinski definition) is 3. The number of nitrogens with zero attached hydrogens (tertiary/aromatic N) is 1. The number of rotatable bonds is 1. The molecule has 1 aromatic rings. The molecule has 1 saturated heterocycles. The molecule has 1 heterocycles. The van der Waals surface area contributed by atoms with E-state index < -0.39 is 26.3 Å². The first-order valence-corrected chi connectivity index (χ1v) is 8.07. The molecule has 0 atom stereocenters. The Bertz CT molecular complexity index is 652. The molecule has 20 heavy (non-hydrogen) atoms. The third-order valence-corrected chi connectivity index (χ3v) is 6.22. The van der Waals surface area contributed by atoms with Gasteiger partial charge in [0.1, 0.15) is 5.82 Å². The van der Waals surface area contributed by atoms with Crippen LogP contribution in [-0.2, 0) is 9.84 Å². The number of carbonyl (C=O) groups is 1. The van der Waals surface area contributed by atoms with Gasteiger partial charge in [0.05, 0.1) is 16.1 Å². The van der Waals surface area contributed by atoms with Crippen LogP contribution in [0, 0.1) is 12.7 Å². The van der Waals surface area contributed by atoms with Gasteiger partial charge in [-0.1, -0.05) is 6.07 Å². The minimum Gasteiger partial charge on any atom is -0.336 e. The van der Waals surface area contributed by atoms with E-state index in [1.807, 2.05) is 0 Å². The van der Waals surface area contributed by atoms with Gasteiger partial charge in [-0.05, 0) is 38.5 Å². The second-order valence-electron chi connectivity index (χ2n) is 5.79. The van der Waals surface area contributed by atoms with E-state index in [1.165, 1.54) is 17.0 Å². The Kier molecular flexibility index (Phi) is 3.62. The van der Waals surface area contributed by atoms with Gasteiger partial charge in [-0.25, -0.2) is 12.8 Å². The fourth-order valence-corrected chi connectivity index (χ4v) is 3.65. The van der Waals surface area contributed by atoms with Crippen molar-refractivity contribution in [2.45, 2.75) is 25.5 Å². The van der Waals surface area contributed by atoms with Crippen LogP contribution in [0.25, 0.3) is 0 Å². The smallest absolute Gasteiger partial charge is 0.256 e. The maximum Gasteiger partial charge on any atom is 0.256 e. The van der Waals surface area contributed by atoms with Crippen molar-refractivity contribution in [3.63, 3.8) is 0 Å². The minimum atomic E-state index is -3.21. The summed E-state index contributed by atoms with van der Waals surface area (Å²) in [6.07, 6.45) is 0. The van der Waals surface area contributed by atoms with Crippen LogP contribution in [0.5, 0.6) is 0 Å². The molecule has 110 valence electrons. The molecule has 1 aromatic carbocycles. The first kappa shape index (κ1) is 15.0. The lowest BCUT2D eigenvalue weighted by atomic mass is 10.1. The van der Waals surface area contributed by atoms with E-state index in [-0.39, 0.29) is 24.4 Å². The van der Waals surface area contributed by atoms with E-state index in [4.69, 9.17) is 0 Å². The topological polar surface area (TPSA) is 54.5 Å². The van der Waals surface area contributed by atoms with Gasteiger partial charge < -0.3 is 4.90 Å². The Labute approximate surface area is 118 Å². The van der Waals surface area contributed by atoms with Gasteiger partial charge in [0.15, 0.2) is 9.84 Å². The zero-order chi connectivity index (χ0) is 15.1. The van der Waals surface area contributed by atoms with Crippen LogP contribution < -0.4 is 0 Å². The number of sulfone groups is 1. The predicted molar refractivity (Wildman–Crippen MR) is 74.9 cm³/mol. The van der Waals surface area contributed by atoms with Crippen molar-refractivity contribution in [2.24, 2.45) is 0 Å². The van der Waals surface area contributed by atoms with Crippen LogP contribution >= 0.6 is 0 Å². The van der Waals surface area contributed by atoms with Gasteiger partial charge in [0.2, 0.25) is 0 Å². The molecule has 1 amide bonds. The van der Waals surface area contributed by atoms with Crippen molar-refractivity contribution < 1.29 is 17.6 Å². The molecule has 1 aliphatic heterocycles. The first-order chi connectivity index (χ1) is 9.14. The number of amides is 1. The highest BCUT2D eigenvalue weighted by Crippen LogP contribution is 2.25. The summed E-state index contributed by atoms with van der Waals surface area (Å²) in [5.41, 5.74) is 0.728. The molecule has 0 aromatic heterocycles. The van der Waals surface area contributed by atoms with Gasteiger partial charge >= 0.3 is 0 Å². The van der Waals surface area contributed by atoms with Crippen LogP contribution in [0.15, 0.2) is 18.2 Å². The Morgan fingerprint density at radius 1 is 1.35 bits per heavy atom. The van der Waals surface area contributed by atoms with Crippen LogP contribution in [0.4, 0.5) is 4.39 Å². The zero-order valence-electron chi connectivity index (χ0n) is 11.8. The molecule has 0 N–H and O–H groups in total. The summed E-state index contributed by atoms with van der Waals surface area (Å²) in [7, 11) is -3.21. The second kappa shape index (κ2) is 4.84. The number of hydrogen-bond donors (Lipinski definition) is 0. The Morgan fingerprint density at radius 3 is 2.55 bits per heavy atom. The molecule has 0 unspecified atom stereocenters. The van der Waals surface area contributed by atoms with Crippen LogP contribution in [0.3, 0.4) is 0 Å². The van der Waals surface area contributed by atoms with Crippen LogP contribution in [0.2, 0.25) is 0 Å².